The molecular weight excluding hydrogens is 314 g/mol. The molecule has 0 spiro atoms. The molecule has 0 N–H and O–H groups in total. The first kappa shape index (κ1) is 17.4. The van der Waals surface area contributed by atoms with Crippen molar-refractivity contribution >= 4 is 5.91 Å². The largest absolute Gasteiger partial charge is 0.492 e. The van der Waals surface area contributed by atoms with Crippen molar-refractivity contribution in [1.82, 2.24) is 14.8 Å². The fourth-order valence-electron chi connectivity index (χ4n) is 2.92. The Morgan fingerprint density at radius 3 is 2.88 bits per heavy atom. The maximum Gasteiger partial charge on any atom is 0.236 e. The third kappa shape index (κ3) is 4.57. The maximum atomic E-state index is 12.6. The summed E-state index contributed by atoms with van der Waals surface area (Å²) in [7, 11) is 1.83. The Morgan fingerprint density at radius 2 is 2.12 bits per heavy atom. The van der Waals surface area contributed by atoms with Gasteiger partial charge in [-0.25, -0.2) is 0 Å². The lowest BCUT2D eigenvalue weighted by molar-refractivity contribution is -0.131. The van der Waals surface area contributed by atoms with E-state index >= 15 is 0 Å². The van der Waals surface area contributed by atoms with Crippen LogP contribution < -0.4 is 4.74 Å². The average molecular weight is 339 g/mol. The Bertz CT molecular complexity index is 715. The number of nitrogens with zero attached hydrogens (tertiary/aromatic N) is 3. The molecule has 1 aliphatic rings. The molecular formula is C20H25N3O2. The van der Waals surface area contributed by atoms with Gasteiger partial charge < -0.3 is 9.64 Å². The number of fused-ring (bicyclic) bond motifs is 1. The van der Waals surface area contributed by atoms with Crippen molar-refractivity contribution in [2.75, 3.05) is 26.7 Å². The number of likely N-dealkylation sites (N-methyl/N-ethyl adjacent to an activating group) is 1. The van der Waals surface area contributed by atoms with Crippen molar-refractivity contribution in [2.24, 2.45) is 0 Å². The molecule has 0 atom stereocenters. The quantitative estimate of drug-likeness (QED) is 0.840. The van der Waals surface area contributed by atoms with Crippen LogP contribution in [-0.4, -0.2) is 47.4 Å². The molecule has 2 heterocycles. The third-order valence-corrected chi connectivity index (χ3v) is 4.51. The van der Waals surface area contributed by atoms with E-state index in [9.17, 15) is 4.79 Å². The molecule has 0 saturated carbocycles. The van der Waals surface area contributed by atoms with Gasteiger partial charge in [-0.3, -0.25) is 14.7 Å². The highest BCUT2D eigenvalue weighted by atomic mass is 16.5. The third-order valence-electron chi connectivity index (χ3n) is 4.51. The number of pyridine rings is 1. The van der Waals surface area contributed by atoms with Gasteiger partial charge in [0.15, 0.2) is 0 Å². The Balaban J connectivity index is 1.57. The highest BCUT2D eigenvalue weighted by Gasteiger charge is 2.19. The molecule has 0 radical (unpaired) electrons. The topological polar surface area (TPSA) is 45.7 Å². The standard InChI is InChI=1S/C20H25N3O2/c1-3-16-8-9-18(21-12-16)14-22(2)20(24)15-23-10-11-25-19-7-5-4-6-17(19)13-23/h4-9,12H,3,10-11,13-15H2,1-2H3. The number of rotatable bonds is 5. The minimum Gasteiger partial charge on any atom is -0.492 e. The molecule has 5 heteroatoms. The zero-order valence-electron chi connectivity index (χ0n) is 14.9. The van der Waals surface area contributed by atoms with Crippen molar-refractivity contribution in [3.8, 4) is 5.75 Å². The second-order valence-electron chi connectivity index (χ2n) is 6.43. The second kappa shape index (κ2) is 8.12. The smallest absolute Gasteiger partial charge is 0.236 e. The second-order valence-corrected chi connectivity index (χ2v) is 6.43. The van der Waals surface area contributed by atoms with Crippen LogP contribution in [0.1, 0.15) is 23.7 Å². The fourth-order valence-corrected chi connectivity index (χ4v) is 2.92. The molecule has 0 unspecified atom stereocenters. The van der Waals surface area contributed by atoms with Crippen molar-refractivity contribution in [3.05, 3.63) is 59.4 Å². The van der Waals surface area contributed by atoms with Gasteiger partial charge in [-0.1, -0.05) is 31.2 Å². The molecule has 1 aromatic carbocycles. The van der Waals surface area contributed by atoms with Crippen LogP contribution in [0.4, 0.5) is 0 Å². The number of amides is 1. The van der Waals surface area contributed by atoms with E-state index in [2.05, 4.69) is 28.9 Å². The monoisotopic (exact) mass is 339 g/mol. The number of carbonyl (C=O) groups is 1. The van der Waals surface area contributed by atoms with Crippen LogP contribution in [-0.2, 0) is 24.3 Å². The van der Waals surface area contributed by atoms with E-state index in [0.29, 0.717) is 19.7 Å². The predicted octanol–water partition coefficient (Wildman–Crippen LogP) is 2.50. The first-order chi connectivity index (χ1) is 12.2. The predicted molar refractivity (Wildman–Crippen MR) is 97.3 cm³/mol. The van der Waals surface area contributed by atoms with Gasteiger partial charge in [0.1, 0.15) is 12.4 Å². The van der Waals surface area contributed by atoms with Crippen LogP contribution >= 0.6 is 0 Å². The lowest BCUT2D eigenvalue weighted by Crippen LogP contribution is -2.38. The fraction of sp³-hybridized carbons (Fsp3) is 0.400. The minimum atomic E-state index is 0.0979. The molecule has 1 amide bonds. The molecule has 2 aromatic rings. The molecule has 25 heavy (non-hydrogen) atoms. The number of carbonyl (C=O) groups excluding carboxylic acids is 1. The number of benzene rings is 1. The van der Waals surface area contributed by atoms with Crippen LogP contribution in [0.5, 0.6) is 5.75 Å². The molecule has 1 aliphatic heterocycles. The minimum absolute atomic E-state index is 0.0979. The van der Waals surface area contributed by atoms with Crippen LogP contribution in [0.25, 0.3) is 0 Å². The Kier molecular flexibility index (Phi) is 5.66. The summed E-state index contributed by atoms with van der Waals surface area (Å²) >= 11 is 0. The number of para-hydroxylation sites is 1. The number of aromatic nitrogens is 1. The van der Waals surface area contributed by atoms with E-state index in [-0.39, 0.29) is 5.91 Å². The van der Waals surface area contributed by atoms with Crippen LogP contribution in [0, 0.1) is 0 Å². The molecule has 5 nitrogen and oxygen atoms in total. The summed E-state index contributed by atoms with van der Waals surface area (Å²) in [5, 5.41) is 0. The summed E-state index contributed by atoms with van der Waals surface area (Å²) < 4.78 is 5.76. The van der Waals surface area contributed by atoms with Gasteiger partial charge in [-0.05, 0) is 24.1 Å². The van der Waals surface area contributed by atoms with Gasteiger partial charge in [-0.2, -0.15) is 0 Å². The van der Waals surface area contributed by atoms with Gasteiger partial charge in [0, 0.05) is 31.9 Å². The van der Waals surface area contributed by atoms with Gasteiger partial charge >= 0.3 is 0 Å². The summed E-state index contributed by atoms with van der Waals surface area (Å²) in [6.45, 7) is 5.12. The summed E-state index contributed by atoms with van der Waals surface area (Å²) in [6, 6.07) is 12.1. The summed E-state index contributed by atoms with van der Waals surface area (Å²) in [4.78, 5) is 20.9. The highest BCUT2D eigenvalue weighted by Crippen LogP contribution is 2.22. The summed E-state index contributed by atoms with van der Waals surface area (Å²) in [5.74, 6) is 1.02. The zero-order chi connectivity index (χ0) is 17.6. The van der Waals surface area contributed by atoms with Crippen LogP contribution in [0.15, 0.2) is 42.6 Å². The number of ether oxygens (including phenoxy) is 1. The molecule has 0 aliphatic carbocycles. The van der Waals surface area contributed by atoms with E-state index in [1.807, 2.05) is 37.5 Å². The zero-order valence-corrected chi connectivity index (χ0v) is 14.9. The van der Waals surface area contributed by atoms with Gasteiger partial charge in [0.25, 0.3) is 0 Å². The lowest BCUT2D eigenvalue weighted by Gasteiger charge is -2.23. The number of aryl methyl sites for hydroxylation is 1. The Labute approximate surface area is 149 Å². The van der Waals surface area contributed by atoms with Crippen LogP contribution in [0.3, 0.4) is 0 Å². The Morgan fingerprint density at radius 1 is 1.28 bits per heavy atom. The SMILES string of the molecule is CCc1ccc(CN(C)C(=O)CN2CCOc3ccccc3C2)nc1. The lowest BCUT2D eigenvalue weighted by atomic mass is 10.2. The molecule has 1 aromatic heterocycles. The van der Waals surface area contributed by atoms with Gasteiger partial charge in [0.2, 0.25) is 5.91 Å². The number of hydrogen-bond donors (Lipinski definition) is 0. The summed E-state index contributed by atoms with van der Waals surface area (Å²) in [5.41, 5.74) is 3.26. The highest BCUT2D eigenvalue weighted by molar-refractivity contribution is 5.78. The molecule has 0 fully saturated rings. The van der Waals surface area contributed by atoms with Crippen molar-refractivity contribution in [2.45, 2.75) is 26.4 Å². The average Bonchev–Trinajstić information content (AvgIpc) is 2.84. The molecule has 132 valence electrons. The first-order valence-corrected chi connectivity index (χ1v) is 8.76. The Hall–Kier alpha value is -2.40. The summed E-state index contributed by atoms with van der Waals surface area (Å²) in [6.07, 6.45) is 2.86. The van der Waals surface area contributed by atoms with E-state index < -0.39 is 0 Å². The van der Waals surface area contributed by atoms with Gasteiger partial charge in [-0.15, -0.1) is 0 Å². The van der Waals surface area contributed by atoms with E-state index in [1.54, 1.807) is 4.90 Å². The van der Waals surface area contributed by atoms with E-state index in [4.69, 9.17) is 4.74 Å². The van der Waals surface area contributed by atoms with E-state index in [0.717, 1.165) is 36.5 Å². The first-order valence-electron chi connectivity index (χ1n) is 8.76. The molecule has 3 rings (SSSR count). The van der Waals surface area contributed by atoms with Crippen LogP contribution in [0.2, 0.25) is 0 Å². The molecule has 0 bridgehead atoms. The van der Waals surface area contributed by atoms with Crippen molar-refractivity contribution < 1.29 is 9.53 Å². The van der Waals surface area contributed by atoms with E-state index in [1.165, 1.54) is 5.56 Å². The maximum absolute atomic E-state index is 12.6. The normalized spacial score (nSPS) is 14.3. The number of hydrogen-bond acceptors (Lipinski definition) is 4. The molecule has 0 saturated heterocycles. The van der Waals surface area contributed by atoms with Crippen molar-refractivity contribution in [3.63, 3.8) is 0 Å². The van der Waals surface area contributed by atoms with Gasteiger partial charge in [0.05, 0.1) is 18.8 Å². The van der Waals surface area contributed by atoms with Crippen molar-refractivity contribution in [1.29, 1.82) is 0 Å².